The van der Waals surface area contributed by atoms with Gasteiger partial charge in [0, 0.05) is 11.5 Å². The normalized spacial score (nSPS) is 43.1. The molecule has 7 rings (SSSR count). The van der Waals surface area contributed by atoms with Crippen molar-refractivity contribution in [3.8, 4) is 0 Å². The molecule has 1 N–H and O–H groups in total. The summed E-state index contributed by atoms with van der Waals surface area (Å²) < 4.78 is 0. The molecule has 1 aromatic rings. The molecule has 0 unspecified atom stereocenters. The Kier molecular flexibility index (Phi) is 2.64. The summed E-state index contributed by atoms with van der Waals surface area (Å²) in [7, 11) is 0. The van der Waals surface area contributed by atoms with Gasteiger partial charge in [0.25, 0.3) is 0 Å². The van der Waals surface area contributed by atoms with Crippen molar-refractivity contribution >= 4 is 5.97 Å². The highest BCUT2D eigenvalue weighted by atomic mass is 17.2. The smallest absolute Gasteiger partial charge is 0.310 e. The molecule has 4 bridgehead atoms. The van der Waals surface area contributed by atoms with E-state index in [1.165, 1.54) is 0 Å². The van der Waals surface area contributed by atoms with Crippen LogP contribution in [0.1, 0.15) is 11.5 Å². The molecule has 2 aliphatic carbocycles. The van der Waals surface area contributed by atoms with E-state index in [1.54, 1.807) is 0 Å². The van der Waals surface area contributed by atoms with Crippen LogP contribution in [0, 0.1) is 5.92 Å². The third kappa shape index (κ3) is 1.58. The lowest BCUT2D eigenvalue weighted by molar-refractivity contribution is -0.477. The molecule has 0 aromatic heterocycles. The number of aliphatic carboxylic acids is 1. The van der Waals surface area contributed by atoms with Crippen molar-refractivity contribution < 1.29 is 29.5 Å². The Labute approximate surface area is 131 Å². The minimum Gasteiger partial charge on any atom is -0.481 e. The Bertz CT molecular complexity index is 726. The van der Waals surface area contributed by atoms with E-state index in [4.69, 9.17) is 19.6 Å². The van der Waals surface area contributed by atoms with E-state index in [1.807, 2.05) is 48.6 Å². The molecule has 4 aliphatic heterocycles. The van der Waals surface area contributed by atoms with Crippen LogP contribution in [0.15, 0.2) is 54.1 Å². The topological polar surface area (TPSA) is 74.2 Å². The van der Waals surface area contributed by atoms with E-state index in [0.29, 0.717) is 0 Å². The monoisotopic (exact) mass is 314 g/mol. The van der Waals surface area contributed by atoms with E-state index >= 15 is 0 Å². The van der Waals surface area contributed by atoms with Crippen LogP contribution in [0.4, 0.5) is 0 Å². The summed E-state index contributed by atoms with van der Waals surface area (Å²) >= 11 is 0. The third-order valence-electron chi connectivity index (χ3n) is 5.16. The van der Waals surface area contributed by atoms with Gasteiger partial charge < -0.3 is 5.11 Å². The second-order valence-electron chi connectivity index (χ2n) is 6.23. The standard InChI is InChI=1S/C17H14O6/c18-16(19)14-12-8-10-11-6-7-13(22-20-11)17(10,23-21-12)15(14)9-4-2-1-3-5-9/h1-8,11-15H,(H,18,19)/t11-,12+,13+,14-,15+,17+/m1/s1. The van der Waals surface area contributed by atoms with Crippen LogP contribution >= 0.6 is 0 Å². The Morgan fingerprint density at radius 3 is 2.61 bits per heavy atom. The molecule has 0 amide bonds. The molecule has 0 saturated carbocycles. The average Bonchev–Trinajstić information content (AvgIpc) is 2.62. The number of hydrogen-bond acceptors (Lipinski definition) is 5. The van der Waals surface area contributed by atoms with Gasteiger partial charge in [-0.15, -0.1) is 0 Å². The Morgan fingerprint density at radius 1 is 1.09 bits per heavy atom. The highest BCUT2D eigenvalue weighted by Gasteiger charge is 2.68. The van der Waals surface area contributed by atoms with Crippen molar-refractivity contribution in [2.24, 2.45) is 5.92 Å². The maximum atomic E-state index is 12.0. The van der Waals surface area contributed by atoms with Crippen LogP contribution in [-0.4, -0.2) is 35.0 Å². The highest BCUT2D eigenvalue weighted by molar-refractivity contribution is 5.75. The molecule has 6 aliphatic rings. The summed E-state index contributed by atoms with van der Waals surface area (Å²) in [5.74, 6) is -2.07. The molecule has 4 heterocycles. The van der Waals surface area contributed by atoms with E-state index < -0.39 is 35.6 Å². The second kappa shape index (κ2) is 4.52. The minimum absolute atomic E-state index is 0.368. The van der Waals surface area contributed by atoms with Gasteiger partial charge in [-0.3, -0.25) is 4.79 Å². The first kappa shape index (κ1) is 13.4. The SMILES string of the molecule is O=C(O)[C@@H]1[C@@H]2C=C3[C@H]4C=C[C@H](OO4)[C@]3(OO2)[C@H]1c1ccccc1. The van der Waals surface area contributed by atoms with Crippen LogP contribution in [0.25, 0.3) is 0 Å². The molecule has 6 nitrogen and oxygen atoms in total. The summed E-state index contributed by atoms with van der Waals surface area (Å²) in [6, 6.07) is 9.53. The van der Waals surface area contributed by atoms with Crippen molar-refractivity contribution in [2.75, 3.05) is 0 Å². The van der Waals surface area contributed by atoms with Crippen LogP contribution < -0.4 is 0 Å². The molecule has 0 radical (unpaired) electrons. The fourth-order valence-electron chi connectivity index (χ4n) is 4.23. The highest BCUT2D eigenvalue weighted by Crippen LogP contribution is 2.58. The summed E-state index contributed by atoms with van der Waals surface area (Å²) in [4.78, 5) is 33.9. The van der Waals surface area contributed by atoms with Gasteiger partial charge in [-0.05, 0) is 17.7 Å². The molecule has 2 fully saturated rings. The molecule has 118 valence electrons. The molecular formula is C17H14O6. The Balaban J connectivity index is 1.75. The van der Waals surface area contributed by atoms with Gasteiger partial charge in [0.15, 0.2) is 5.60 Å². The maximum Gasteiger partial charge on any atom is 0.310 e. The lowest BCUT2D eigenvalue weighted by Gasteiger charge is -2.58. The number of rotatable bonds is 2. The summed E-state index contributed by atoms with van der Waals surface area (Å²) in [5, 5.41) is 9.79. The number of fused-ring (bicyclic) bond motifs is 3. The zero-order valence-electron chi connectivity index (χ0n) is 12.0. The van der Waals surface area contributed by atoms with Crippen LogP contribution in [-0.2, 0) is 24.3 Å². The number of carboxylic acid groups (broad SMARTS) is 1. The molecule has 23 heavy (non-hydrogen) atoms. The van der Waals surface area contributed by atoms with Gasteiger partial charge in [0.2, 0.25) is 0 Å². The van der Waals surface area contributed by atoms with Gasteiger partial charge in [-0.1, -0.05) is 36.4 Å². The first-order valence-electron chi connectivity index (χ1n) is 7.57. The first-order chi connectivity index (χ1) is 11.2. The zero-order valence-corrected chi connectivity index (χ0v) is 12.0. The molecular weight excluding hydrogens is 300 g/mol. The fourth-order valence-corrected chi connectivity index (χ4v) is 4.23. The van der Waals surface area contributed by atoms with Crippen molar-refractivity contribution in [1.29, 1.82) is 0 Å². The fraction of sp³-hybridized carbons (Fsp3) is 0.353. The second-order valence-corrected chi connectivity index (χ2v) is 6.23. The Morgan fingerprint density at radius 2 is 1.91 bits per heavy atom. The number of carboxylic acids is 1. The quantitative estimate of drug-likeness (QED) is 0.662. The number of benzene rings is 1. The van der Waals surface area contributed by atoms with Crippen LogP contribution in [0.3, 0.4) is 0 Å². The minimum atomic E-state index is -1.00. The maximum absolute atomic E-state index is 12.0. The lowest BCUT2D eigenvalue weighted by Crippen LogP contribution is -2.68. The number of carbonyl (C=O) groups is 1. The van der Waals surface area contributed by atoms with Gasteiger partial charge in [0.05, 0.1) is 5.92 Å². The number of hydrogen-bond donors (Lipinski definition) is 1. The summed E-state index contributed by atoms with van der Waals surface area (Å²) in [5.41, 5.74) is 0.777. The predicted octanol–water partition coefficient (Wildman–Crippen LogP) is 1.75. The van der Waals surface area contributed by atoms with Crippen molar-refractivity contribution in [1.82, 2.24) is 0 Å². The Hall–Kier alpha value is -1.99. The zero-order chi connectivity index (χ0) is 15.6. The van der Waals surface area contributed by atoms with E-state index in [9.17, 15) is 9.90 Å². The van der Waals surface area contributed by atoms with Crippen LogP contribution in [0.2, 0.25) is 0 Å². The molecule has 6 heteroatoms. The van der Waals surface area contributed by atoms with E-state index in [-0.39, 0.29) is 6.10 Å². The first-order valence-corrected chi connectivity index (χ1v) is 7.57. The van der Waals surface area contributed by atoms with E-state index in [2.05, 4.69) is 0 Å². The average molecular weight is 314 g/mol. The summed E-state index contributed by atoms with van der Waals surface area (Å²) in [6.07, 6.45) is 4.03. The molecule has 6 atom stereocenters. The van der Waals surface area contributed by atoms with Crippen molar-refractivity contribution in [3.05, 3.63) is 59.7 Å². The lowest BCUT2D eigenvalue weighted by atomic mass is 9.59. The summed E-state index contributed by atoms with van der Waals surface area (Å²) in [6.45, 7) is 0. The van der Waals surface area contributed by atoms with Gasteiger partial charge in [-0.25, -0.2) is 19.6 Å². The largest absolute Gasteiger partial charge is 0.481 e. The molecule has 1 aromatic carbocycles. The van der Waals surface area contributed by atoms with Crippen LogP contribution in [0.5, 0.6) is 0 Å². The van der Waals surface area contributed by atoms with E-state index in [0.717, 1.165) is 11.1 Å². The van der Waals surface area contributed by atoms with Crippen molar-refractivity contribution in [2.45, 2.75) is 29.8 Å². The van der Waals surface area contributed by atoms with Gasteiger partial charge in [0.1, 0.15) is 18.3 Å². The third-order valence-corrected chi connectivity index (χ3v) is 5.16. The van der Waals surface area contributed by atoms with Crippen molar-refractivity contribution in [3.63, 3.8) is 0 Å². The predicted molar refractivity (Wildman–Crippen MR) is 76.0 cm³/mol. The van der Waals surface area contributed by atoms with Gasteiger partial charge in [-0.2, -0.15) is 0 Å². The van der Waals surface area contributed by atoms with Gasteiger partial charge >= 0.3 is 5.97 Å². The molecule has 2 saturated heterocycles. The molecule has 1 spiro atoms.